The smallest absolute Gasteiger partial charge is 0.262 e. The second kappa shape index (κ2) is 9.03. The van der Waals surface area contributed by atoms with Crippen molar-refractivity contribution in [3.63, 3.8) is 0 Å². The number of nitrogens with two attached hydrogens (primary N) is 1. The fourth-order valence-corrected chi connectivity index (χ4v) is 2.37. The van der Waals surface area contributed by atoms with Crippen molar-refractivity contribution in [3.8, 4) is 5.75 Å². The molecule has 0 radical (unpaired) electrons. The molecule has 0 saturated carbocycles. The topological polar surface area (TPSA) is 76.4 Å². The van der Waals surface area contributed by atoms with Crippen LogP contribution in [-0.2, 0) is 4.79 Å². The Kier molecular flexibility index (Phi) is 6.77. The van der Waals surface area contributed by atoms with Crippen LogP contribution in [0.4, 0.5) is 11.4 Å². The summed E-state index contributed by atoms with van der Waals surface area (Å²) in [5, 5.41) is 5.79. The Morgan fingerprint density at radius 1 is 1.08 bits per heavy atom. The van der Waals surface area contributed by atoms with Crippen LogP contribution in [-0.4, -0.2) is 17.6 Å². The zero-order valence-electron chi connectivity index (χ0n) is 14.4. The van der Waals surface area contributed by atoms with Gasteiger partial charge >= 0.3 is 0 Å². The second-order valence-corrected chi connectivity index (χ2v) is 6.22. The lowest BCUT2D eigenvalue weighted by atomic mass is 9.99. The highest BCUT2D eigenvalue weighted by atomic mass is 32.1. The van der Waals surface area contributed by atoms with Gasteiger partial charge in [-0.15, -0.1) is 0 Å². The van der Waals surface area contributed by atoms with Crippen LogP contribution < -0.4 is 21.1 Å². The lowest BCUT2D eigenvalue weighted by molar-refractivity contribution is -0.118. The number of amides is 1. The Balaban J connectivity index is 1.83. The van der Waals surface area contributed by atoms with E-state index in [9.17, 15) is 4.79 Å². The average Bonchev–Trinajstić information content (AvgIpc) is 2.61. The molecule has 0 aliphatic rings. The third-order valence-electron chi connectivity index (χ3n) is 3.87. The number of thiocarbonyl (C=S) groups is 1. The Hall–Kier alpha value is -2.60. The van der Waals surface area contributed by atoms with E-state index in [0.29, 0.717) is 17.4 Å². The number of carbonyl (C=O) groups is 1. The van der Waals surface area contributed by atoms with Crippen LogP contribution in [0.2, 0.25) is 0 Å². The first-order chi connectivity index (χ1) is 12.0. The van der Waals surface area contributed by atoms with Crippen molar-refractivity contribution in [2.75, 3.05) is 17.2 Å². The number of rotatable bonds is 7. The second-order valence-electron chi connectivity index (χ2n) is 5.78. The molecule has 0 spiro atoms. The number of ether oxygens (including phenoxy) is 1. The maximum atomic E-state index is 12.0. The van der Waals surface area contributed by atoms with Gasteiger partial charge in [-0.1, -0.05) is 26.0 Å². The minimum atomic E-state index is -0.221. The third kappa shape index (κ3) is 6.08. The molecule has 25 heavy (non-hydrogen) atoms. The SMILES string of the molecule is CC[C@@H](C)c1ccc(OCC(=O)Nc2ccc(NC(N)=S)cc2)cc1. The minimum absolute atomic E-state index is 0.0461. The van der Waals surface area contributed by atoms with E-state index in [1.54, 1.807) is 24.3 Å². The van der Waals surface area contributed by atoms with E-state index in [1.165, 1.54) is 5.56 Å². The van der Waals surface area contributed by atoms with E-state index in [-0.39, 0.29) is 17.6 Å². The molecule has 2 aromatic rings. The molecule has 1 atom stereocenters. The van der Waals surface area contributed by atoms with Gasteiger partial charge in [0.15, 0.2) is 11.7 Å². The predicted octanol–water partition coefficient (Wildman–Crippen LogP) is 3.87. The Labute approximate surface area is 153 Å². The van der Waals surface area contributed by atoms with Gasteiger partial charge < -0.3 is 21.1 Å². The van der Waals surface area contributed by atoms with Gasteiger partial charge in [-0.05, 0) is 66.5 Å². The van der Waals surface area contributed by atoms with Crippen molar-refractivity contribution in [3.05, 3.63) is 54.1 Å². The molecular weight excluding hydrogens is 334 g/mol. The quantitative estimate of drug-likeness (QED) is 0.656. The summed E-state index contributed by atoms with van der Waals surface area (Å²) < 4.78 is 5.53. The minimum Gasteiger partial charge on any atom is -0.484 e. The zero-order valence-corrected chi connectivity index (χ0v) is 15.2. The van der Waals surface area contributed by atoms with Crippen molar-refractivity contribution in [2.24, 2.45) is 5.73 Å². The van der Waals surface area contributed by atoms with Gasteiger partial charge in [-0.25, -0.2) is 0 Å². The first-order valence-electron chi connectivity index (χ1n) is 8.17. The molecule has 0 bridgehead atoms. The monoisotopic (exact) mass is 357 g/mol. The van der Waals surface area contributed by atoms with Crippen molar-refractivity contribution in [1.82, 2.24) is 0 Å². The maximum absolute atomic E-state index is 12.0. The zero-order chi connectivity index (χ0) is 18.2. The highest BCUT2D eigenvalue weighted by Gasteiger charge is 2.06. The molecule has 6 heteroatoms. The molecule has 1 amide bonds. The molecule has 0 heterocycles. The fraction of sp³-hybridized carbons (Fsp3) is 0.263. The van der Waals surface area contributed by atoms with Crippen LogP contribution >= 0.6 is 12.2 Å². The molecule has 0 aromatic heterocycles. The van der Waals surface area contributed by atoms with Crippen molar-refractivity contribution in [1.29, 1.82) is 0 Å². The van der Waals surface area contributed by atoms with Crippen LogP contribution in [0.3, 0.4) is 0 Å². The van der Waals surface area contributed by atoms with Gasteiger partial charge in [-0.2, -0.15) is 0 Å². The Bertz CT molecular complexity index is 714. The largest absolute Gasteiger partial charge is 0.484 e. The summed E-state index contributed by atoms with van der Waals surface area (Å²) in [4.78, 5) is 12.0. The molecule has 2 rings (SSSR count). The van der Waals surface area contributed by atoms with E-state index in [1.807, 2.05) is 24.3 Å². The van der Waals surface area contributed by atoms with E-state index in [2.05, 4.69) is 24.5 Å². The lowest BCUT2D eigenvalue weighted by Gasteiger charge is -2.11. The van der Waals surface area contributed by atoms with Gasteiger partial charge in [-0.3, -0.25) is 4.79 Å². The van der Waals surface area contributed by atoms with Gasteiger partial charge in [0, 0.05) is 11.4 Å². The van der Waals surface area contributed by atoms with Crippen LogP contribution in [0.25, 0.3) is 0 Å². The lowest BCUT2D eigenvalue weighted by Crippen LogP contribution is -2.20. The molecule has 0 unspecified atom stereocenters. The highest BCUT2D eigenvalue weighted by molar-refractivity contribution is 7.80. The van der Waals surface area contributed by atoms with Gasteiger partial charge in [0.2, 0.25) is 0 Å². The van der Waals surface area contributed by atoms with Crippen molar-refractivity contribution in [2.45, 2.75) is 26.2 Å². The molecule has 0 aliphatic carbocycles. The number of carbonyl (C=O) groups excluding carboxylic acids is 1. The normalized spacial score (nSPS) is 11.4. The van der Waals surface area contributed by atoms with Gasteiger partial charge in [0.05, 0.1) is 0 Å². The third-order valence-corrected chi connectivity index (χ3v) is 3.97. The molecular formula is C19H23N3O2S. The molecule has 0 saturated heterocycles. The molecule has 2 aromatic carbocycles. The van der Waals surface area contributed by atoms with Gasteiger partial charge in [0.1, 0.15) is 5.75 Å². The average molecular weight is 357 g/mol. The van der Waals surface area contributed by atoms with Gasteiger partial charge in [0.25, 0.3) is 5.91 Å². The Morgan fingerprint density at radius 2 is 1.64 bits per heavy atom. The predicted molar refractivity (Wildman–Crippen MR) is 106 cm³/mol. The number of hydrogen-bond donors (Lipinski definition) is 3. The van der Waals surface area contributed by atoms with Crippen molar-refractivity contribution >= 4 is 34.6 Å². The van der Waals surface area contributed by atoms with Crippen molar-refractivity contribution < 1.29 is 9.53 Å². The summed E-state index contributed by atoms with van der Waals surface area (Å²) in [5.41, 5.74) is 8.12. The molecule has 0 aliphatic heterocycles. The van der Waals surface area contributed by atoms with E-state index in [4.69, 9.17) is 22.7 Å². The summed E-state index contributed by atoms with van der Waals surface area (Å²) >= 11 is 4.77. The summed E-state index contributed by atoms with van der Waals surface area (Å²) in [6.45, 7) is 4.30. The fourth-order valence-electron chi connectivity index (χ4n) is 2.25. The molecule has 132 valence electrons. The number of hydrogen-bond acceptors (Lipinski definition) is 3. The standard InChI is InChI=1S/C19H23N3O2S/c1-3-13(2)14-4-10-17(11-5-14)24-12-18(23)21-15-6-8-16(9-7-15)22-19(20)25/h4-11,13H,3,12H2,1-2H3,(H,21,23)(H3,20,22,25)/t13-/m1/s1. The van der Waals surface area contributed by atoms with Crippen LogP contribution in [0.1, 0.15) is 31.7 Å². The highest BCUT2D eigenvalue weighted by Crippen LogP contribution is 2.21. The van der Waals surface area contributed by atoms with E-state index >= 15 is 0 Å². The summed E-state index contributed by atoms with van der Waals surface area (Å²) in [5.74, 6) is 0.975. The first kappa shape index (κ1) is 18.7. The van der Waals surface area contributed by atoms with Crippen LogP contribution in [0, 0.1) is 0 Å². The van der Waals surface area contributed by atoms with E-state index in [0.717, 1.165) is 12.1 Å². The van der Waals surface area contributed by atoms with E-state index < -0.39 is 0 Å². The van der Waals surface area contributed by atoms with Crippen LogP contribution in [0.15, 0.2) is 48.5 Å². The summed E-state index contributed by atoms with van der Waals surface area (Å²) in [6.07, 6.45) is 1.09. The first-order valence-corrected chi connectivity index (χ1v) is 8.58. The van der Waals surface area contributed by atoms with Crippen LogP contribution in [0.5, 0.6) is 5.75 Å². The summed E-state index contributed by atoms with van der Waals surface area (Å²) in [6, 6.07) is 14.9. The number of nitrogens with one attached hydrogen (secondary N) is 2. The summed E-state index contributed by atoms with van der Waals surface area (Å²) in [7, 11) is 0. The maximum Gasteiger partial charge on any atom is 0.262 e. The Morgan fingerprint density at radius 3 is 2.16 bits per heavy atom. The molecule has 0 fully saturated rings. The number of anilines is 2. The molecule has 4 N–H and O–H groups in total. The number of benzene rings is 2. The molecule has 5 nitrogen and oxygen atoms in total.